The normalized spacial score (nSPS) is 25.6. The number of nitrogens with one attached hydrogen (secondary N) is 1. The smallest absolute Gasteiger partial charge is 0.224 e. The Morgan fingerprint density at radius 3 is 2.89 bits per heavy atom. The van der Waals surface area contributed by atoms with Gasteiger partial charge < -0.3 is 10.4 Å². The van der Waals surface area contributed by atoms with Gasteiger partial charge in [0.1, 0.15) is 0 Å². The van der Waals surface area contributed by atoms with Gasteiger partial charge in [-0.25, -0.2) is 0 Å². The van der Waals surface area contributed by atoms with Crippen molar-refractivity contribution in [1.29, 1.82) is 0 Å². The molecule has 0 spiro atoms. The van der Waals surface area contributed by atoms with Crippen LogP contribution in [-0.4, -0.2) is 23.2 Å². The first-order valence-corrected chi connectivity index (χ1v) is 7.35. The lowest BCUT2D eigenvalue weighted by Gasteiger charge is -2.27. The fraction of sp³-hybridized carbons (Fsp3) is 0.643. The summed E-state index contributed by atoms with van der Waals surface area (Å²) in [7, 11) is 0. The van der Waals surface area contributed by atoms with Crippen LogP contribution in [0.1, 0.15) is 43.0 Å². The van der Waals surface area contributed by atoms with Crippen molar-refractivity contribution in [2.75, 3.05) is 6.61 Å². The van der Waals surface area contributed by atoms with E-state index in [2.05, 4.69) is 23.7 Å². The summed E-state index contributed by atoms with van der Waals surface area (Å²) in [5.41, 5.74) is 0.815. The third-order valence-electron chi connectivity index (χ3n) is 3.92. The molecule has 18 heavy (non-hydrogen) atoms. The van der Waals surface area contributed by atoms with Crippen molar-refractivity contribution in [1.82, 2.24) is 5.32 Å². The molecule has 1 heterocycles. The predicted octanol–water partition coefficient (Wildman–Crippen LogP) is 2.44. The van der Waals surface area contributed by atoms with Gasteiger partial charge in [0.25, 0.3) is 0 Å². The summed E-state index contributed by atoms with van der Waals surface area (Å²) in [6.45, 7) is 5.95. The summed E-state index contributed by atoms with van der Waals surface area (Å²) >= 11 is 1.74. The number of aliphatic hydroxyl groups is 1. The van der Waals surface area contributed by atoms with Gasteiger partial charge in [0.2, 0.25) is 5.91 Å². The van der Waals surface area contributed by atoms with Crippen LogP contribution in [0.15, 0.2) is 11.4 Å². The first kappa shape index (κ1) is 13.6. The molecule has 0 bridgehead atoms. The van der Waals surface area contributed by atoms with E-state index in [1.54, 1.807) is 11.3 Å². The molecule has 1 fully saturated rings. The van der Waals surface area contributed by atoms with E-state index in [0.29, 0.717) is 5.92 Å². The number of rotatable bonds is 5. The van der Waals surface area contributed by atoms with Crippen LogP contribution in [0.3, 0.4) is 0 Å². The Kier molecular flexibility index (Phi) is 3.78. The van der Waals surface area contributed by atoms with Crippen LogP contribution in [0, 0.1) is 12.8 Å². The number of hydrogen-bond acceptors (Lipinski definition) is 3. The Morgan fingerprint density at radius 1 is 1.67 bits per heavy atom. The molecule has 3 atom stereocenters. The minimum absolute atomic E-state index is 0.00927. The van der Waals surface area contributed by atoms with Crippen molar-refractivity contribution in [2.24, 2.45) is 5.92 Å². The molecule has 0 unspecified atom stereocenters. The maximum absolute atomic E-state index is 12.1. The van der Waals surface area contributed by atoms with E-state index >= 15 is 0 Å². The van der Waals surface area contributed by atoms with Crippen LogP contribution in [0.5, 0.6) is 0 Å². The van der Waals surface area contributed by atoms with Crippen molar-refractivity contribution in [2.45, 2.75) is 45.1 Å². The van der Waals surface area contributed by atoms with Gasteiger partial charge in [0.05, 0.1) is 12.1 Å². The first-order valence-electron chi connectivity index (χ1n) is 6.47. The monoisotopic (exact) mass is 267 g/mol. The zero-order valence-electron chi connectivity index (χ0n) is 11.2. The van der Waals surface area contributed by atoms with Crippen molar-refractivity contribution in [3.05, 3.63) is 21.9 Å². The van der Waals surface area contributed by atoms with E-state index < -0.39 is 5.54 Å². The largest absolute Gasteiger partial charge is 0.394 e. The average molecular weight is 267 g/mol. The summed E-state index contributed by atoms with van der Waals surface area (Å²) < 4.78 is 0. The van der Waals surface area contributed by atoms with E-state index in [4.69, 9.17) is 0 Å². The van der Waals surface area contributed by atoms with Gasteiger partial charge in [0.15, 0.2) is 0 Å². The molecule has 1 amide bonds. The maximum atomic E-state index is 12.1. The van der Waals surface area contributed by atoms with E-state index in [-0.39, 0.29) is 18.4 Å². The average Bonchev–Trinajstić information content (AvgIpc) is 3.05. The number of carbonyl (C=O) groups is 1. The molecule has 3 nitrogen and oxygen atoms in total. The number of hydrogen-bond donors (Lipinski definition) is 2. The van der Waals surface area contributed by atoms with E-state index in [1.807, 2.05) is 13.8 Å². The molecule has 0 aliphatic heterocycles. The highest BCUT2D eigenvalue weighted by atomic mass is 32.1. The first-order chi connectivity index (χ1) is 8.50. The van der Waals surface area contributed by atoms with Crippen molar-refractivity contribution in [3.8, 4) is 0 Å². The minimum Gasteiger partial charge on any atom is -0.394 e. The molecule has 0 aromatic carbocycles. The third kappa shape index (κ3) is 2.59. The van der Waals surface area contributed by atoms with Gasteiger partial charge in [-0.05, 0) is 43.7 Å². The van der Waals surface area contributed by atoms with E-state index in [1.165, 1.54) is 10.4 Å². The zero-order chi connectivity index (χ0) is 13.3. The summed E-state index contributed by atoms with van der Waals surface area (Å²) in [6.07, 6.45) is 1.68. The fourth-order valence-electron chi connectivity index (χ4n) is 2.17. The zero-order valence-corrected chi connectivity index (χ0v) is 12.0. The summed E-state index contributed by atoms with van der Waals surface area (Å²) in [5, 5.41) is 14.4. The number of thiophene rings is 1. The summed E-state index contributed by atoms with van der Waals surface area (Å²) in [4.78, 5) is 13.5. The molecule has 1 aromatic rings. The molecule has 0 saturated heterocycles. The third-order valence-corrected chi connectivity index (χ3v) is 5.07. The van der Waals surface area contributed by atoms with Gasteiger partial charge in [0, 0.05) is 16.7 Å². The standard InChI is InChI=1S/C14H21NO2S/c1-4-14(3,8-16)15-13(17)11-7-10(11)12-9(2)5-6-18-12/h5-6,10-11,16H,4,7-8H2,1-3H3,(H,15,17)/t10-,11-,14-/m1/s1. The van der Waals surface area contributed by atoms with E-state index in [0.717, 1.165) is 12.8 Å². The molecule has 1 aliphatic carbocycles. The Bertz CT molecular complexity index is 437. The SMILES string of the molecule is CC[C@](C)(CO)NC(=O)[C@@H]1C[C@H]1c1sccc1C. The second kappa shape index (κ2) is 5.02. The minimum atomic E-state index is -0.477. The molecular weight excluding hydrogens is 246 g/mol. The topological polar surface area (TPSA) is 49.3 Å². The van der Waals surface area contributed by atoms with Gasteiger partial charge in [-0.2, -0.15) is 0 Å². The molecule has 4 heteroatoms. The Labute approximate surface area is 112 Å². The molecule has 0 radical (unpaired) electrons. The van der Waals surface area contributed by atoms with Crippen LogP contribution in [-0.2, 0) is 4.79 Å². The predicted molar refractivity (Wildman–Crippen MR) is 73.8 cm³/mol. The molecule has 1 aromatic heterocycles. The van der Waals surface area contributed by atoms with Gasteiger partial charge in [-0.1, -0.05) is 6.92 Å². The van der Waals surface area contributed by atoms with Crippen LogP contribution in [0.2, 0.25) is 0 Å². The lowest BCUT2D eigenvalue weighted by Crippen LogP contribution is -2.49. The molecule has 1 aliphatic rings. The second-order valence-electron chi connectivity index (χ2n) is 5.48. The van der Waals surface area contributed by atoms with Gasteiger partial charge >= 0.3 is 0 Å². The Hall–Kier alpha value is -0.870. The highest BCUT2D eigenvalue weighted by molar-refractivity contribution is 7.10. The van der Waals surface area contributed by atoms with Crippen LogP contribution in [0.4, 0.5) is 0 Å². The van der Waals surface area contributed by atoms with Gasteiger partial charge in [-0.3, -0.25) is 4.79 Å². The molecular formula is C14H21NO2S. The molecule has 1 saturated carbocycles. The molecule has 2 rings (SSSR count). The summed E-state index contributed by atoms with van der Waals surface area (Å²) in [5.74, 6) is 0.579. The number of carbonyl (C=O) groups excluding carboxylic acids is 1. The second-order valence-corrected chi connectivity index (χ2v) is 6.43. The quantitative estimate of drug-likeness (QED) is 0.861. The number of aliphatic hydroxyl groups excluding tert-OH is 1. The number of amides is 1. The highest BCUT2D eigenvalue weighted by Gasteiger charge is 2.46. The maximum Gasteiger partial charge on any atom is 0.224 e. The lowest BCUT2D eigenvalue weighted by molar-refractivity contribution is -0.124. The number of aryl methyl sites for hydroxylation is 1. The molecule has 2 N–H and O–H groups in total. The van der Waals surface area contributed by atoms with Crippen molar-refractivity contribution in [3.63, 3.8) is 0 Å². The van der Waals surface area contributed by atoms with Crippen LogP contribution >= 0.6 is 11.3 Å². The van der Waals surface area contributed by atoms with Crippen molar-refractivity contribution >= 4 is 17.2 Å². The Balaban J connectivity index is 1.96. The van der Waals surface area contributed by atoms with E-state index in [9.17, 15) is 9.90 Å². The lowest BCUT2D eigenvalue weighted by atomic mass is 10.00. The van der Waals surface area contributed by atoms with Crippen LogP contribution < -0.4 is 5.32 Å². The van der Waals surface area contributed by atoms with Crippen LogP contribution in [0.25, 0.3) is 0 Å². The highest BCUT2D eigenvalue weighted by Crippen LogP contribution is 2.50. The Morgan fingerprint density at radius 2 is 2.39 bits per heavy atom. The van der Waals surface area contributed by atoms with Gasteiger partial charge in [-0.15, -0.1) is 11.3 Å². The van der Waals surface area contributed by atoms with Crippen molar-refractivity contribution < 1.29 is 9.90 Å². The molecule has 100 valence electrons. The fourth-order valence-corrected chi connectivity index (χ4v) is 3.28. The summed E-state index contributed by atoms with van der Waals surface area (Å²) in [6, 6.07) is 2.11.